The van der Waals surface area contributed by atoms with Crippen molar-refractivity contribution in [3.05, 3.63) is 52.1 Å². The zero-order valence-corrected chi connectivity index (χ0v) is 27.0. The van der Waals surface area contributed by atoms with Gasteiger partial charge in [-0.1, -0.05) is 6.07 Å². The summed E-state index contributed by atoms with van der Waals surface area (Å²) in [5.74, 6) is -6.36. The average Bonchev–Trinajstić information content (AvgIpc) is 2.90. The van der Waals surface area contributed by atoms with E-state index in [1.54, 1.807) is 13.0 Å². The van der Waals surface area contributed by atoms with Crippen molar-refractivity contribution in [3.63, 3.8) is 0 Å². The Balaban J connectivity index is 1.89. The number of ketones is 2. The van der Waals surface area contributed by atoms with Crippen LogP contribution in [0.25, 0.3) is 0 Å². The third kappa shape index (κ3) is 7.49. The maximum absolute atomic E-state index is 14.1. The van der Waals surface area contributed by atoms with Crippen LogP contribution in [-0.2, 0) is 47.7 Å². The van der Waals surface area contributed by atoms with Crippen molar-refractivity contribution in [1.29, 1.82) is 0 Å². The van der Waals surface area contributed by atoms with Crippen molar-refractivity contribution >= 4 is 41.4 Å². The minimum absolute atomic E-state index is 0.0410. The zero-order valence-electron chi connectivity index (χ0n) is 27.0. The highest BCUT2D eigenvalue weighted by Crippen LogP contribution is 2.47. The number of hydrogen-bond acceptors (Lipinski definition) is 14. The van der Waals surface area contributed by atoms with Crippen LogP contribution in [-0.4, -0.2) is 72.1 Å². The second kappa shape index (κ2) is 13.7. The van der Waals surface area contributed by atoms with E-state index in [0.29, 0.717) is 5.56 Å². The Labute approximate surface area is 269 Å². The van der Waals surface area contributed by atoms with E-state index in [1.807, 2.05) is 0 Å². The summed E-state index contributed by atoms with van der Waals surface area (Å²) in [6.07, 6.45) is -6.46. The van der Waals surface area contributed by atoms with Gasteiger partial charge in [-0.2, -0.15) is 0 Å². The Kier molecular flexibility index (Phi) is 10.1. The summed E-state index contributed by atoms with van der Waals surface area (Å²) in [7, 11) is 0. The fourth-order valence-corrected chi connectivity index (χ4v) is 5.80. The van der Waals surface area contributed by atoms with Crippen LogP contribution in [0.4, 0.5) is 0 Å². The molecule has 1 heterocycles. The number of hydrogen-bond donors (Lipinski definition) is 0. The maximum Gasteiger partial charge on any atom is 0.308 e. The van der Waals surface area contributed by atoms with E-state index in [-0.39, 0.29) is 39.5 Å². The molecule has 2 aliphatic rings. The molecule has 1 fully saturated rings. The quantitative estimate of drug-likeness (QED) is 0.230. The minimum atomic E-state index is -1.49. The van der Waals surface area contributed by atoms with Gasteiger partial charge in [0, 0.05) is 40.7 Å². The Morgan fingerprint density at radius 3 is 1.64 bits per heavy atom. The molecule has 0 radical (unpaired) electrons. The molecule has 14 heteroatoms. The zero-order chi connectivity index (χ0) is 34.9. The number of rotatable bonds is 8. The summed E-state index contributed by atoms with van der Waals surface area (Å²) in [5.41, 5.74) is 0.796. The minimum Gasteiger partial charge on any atom is -0.461 e. The fourth-order valence-electron chi connectivity index (χ4n) is 5.80. The van der Waals surface area contributed by atoms with Crippen LogP contribution in [0.1, 0.15) is 87.0 Å². The van der Waals surface area contributed by atoms with E-state index < -0.39 is 78.0 Å². The van der Waals surface area contributed by atoms with Crippen LogP contribution in [0.5, 0.6) is 17.2 Å². The molecule has 6 atom stereocenters. The molecule has 1 aliphatic heterocycles. The average molecular weight is 655 g/mol. The van der Waals surface area contributed by atoms with Gasteiger partial charge >= 0.3 is 29.8 Å². The van der Waals surface area contributed by atoms with Crippen molar-refractivity contribution in [2.75, 3.05) is 0 Å². The van der Waals surface area contributed by atoms with Gasteiger partial charge in [-0.15, -0.1) is 0 Å². The van der Waals surface area contributed by atoms with E-state index >= 15 is 0 Å². The Morgan fingerprint density at radius 2 is 1.13 bits per heavy atom. The second-order valence-electron chi connectivity index (χ2n) is 11.2. The first-order chi connectivity index (χ1) is 22.0. The van der Waals surface area contributed by atoms with Crippen molar-refractivity contribution in [3.8, 4) is 17.2 Å². The number of carbonyl (C=O) groups is 7. The van der Waals surface area contributed by atoms with Gasteiger partial charge in [-0.05, 0) is 49.6 Å². The Hall–Kier alpha value is -5.11. The van der Waals surface area contributed by atoms with Crippen LogP contribution < -0.4 is 14.2 Å². The molecule has 1 aliphatic carbocycles. The molecule has 0 aromatic heterocycles. The molecule has 47 heavy (non-hydrogen) atoms. The standard InChI is InChI=1S/C33H34O14/c1-13-9-22-26(14(2)34)23-11-21(12-25(43-17(5)36)28(23)29(40)27(22)24(10-13)42-16(4)35)47-33-32(46-20(8)39)31(45-19(7)38)30(15(3)41-33)44-18(6)37/h9-12,15,26,30-33H,1-8H3/t15-,26?,30-,31+,32+,33-/m0/s1. The molecule has 0 N–H and O–H groups in total. The summed E-state index contributed by atoms with van der Waals surface area (Å²) in [6, 6.07) is 5.69. The lowest BCUT2D eigenvalue weighted by molar-refractivity contribution is -0.280. The van der Waals surface area contributed by atoms with Crippen LogP contribution in [0.3, 0.4) is 0 Å². The lowest BCUT2D eigenvalue weighted by atomic mass is 9.74. The molecule has 2 aromatic carbocycles. The Bertz CT molecular complexity index is 1670. The fraction of sp³-hybridized carbons (Fsp3) is 0.424. The van der Waals surface area contributed by atoms with Crippen LogP contribution >= 0.6 is 0 Å². The van der Waals surface area contributed by atoms with Gasteiger partial charge in [0.05, 0.1) is 23.1 Å². The molecule has 0 spiro atoms. The first-order valence-corrected chi connectivity index (χ1v) is 14.6. The number of benzene rings is 2. The van der Waals surface area contributed by atoms with Crippen molar-refractivity contribution < 1.29 is 66.7 Å². The second-order valence-corrected chi connectivity index (χ2v) is 11.2. The van der Waals surface area contributed by atoms with E-state index in [1.165, 1.54) is 39.0 Å². The number of carbonyl (C=O) groups excluding carboxylic acids is 7. The first-order valence-electron chi connectivity index (χ1n) is 14.6. The highest BCUT2D eigenvalue weighted by Gasteiger charge is 2.52. The van der Waals surface area contributed by atoms with E-state index in [0.717, 1.165) is 27.7 Å². The number of fused-ring (bicyclic) bond motifs is 2. The van der Waals surface area contributed by atoms with Gasteiger partial charge in [0.1, 0.15) is 23.0 Å². The highest BCUT2D eigenvalue weighted by atomic mass is 16.7. The number of ether oxygens (including phenoxy) is 7. The number of esters is 5. The summed E-state index contributed by atoms with van der Waals surface area (Å²) < 4.78 is 39.1. The largest absolute Gasteiger partial charge is 0.461 e. The van der Waals surface area contributed by atoms with Crippen LogP contribution in [0.15, 0.2) is 24.3 Å². The summed E-state index contributed by atoms with van der Waals surface area (Å²) >= 11 is 0. The monoisotopic (exact) mass is 654 g/mol. The van der Waals surface area contributed by atoms with Crippen LogP contribution in [0, 0.1) is 6.92 Å². The molecule has 0 bridgehead atoms. The summed E-state index contributed by atoms with van der Waals surface area (Å²) in [6.45, 7) is 10.2. The van der Waals surface area contributed by atoms with Crippen molar-refractivity contribution in [1.82, 2.24) is 0 Å². The molecule has 14 nitrogen and oxygen atoms in total. The SMILES string of the molecule is CC(=O)Oc1cc(C)cc2c1C(=O)c1c(OC(C)=O)cc(O[C@@H]3O[C@@H](C)[C@H](OC(C)=O)[C@@H](OC(C)=O)[C@H]3OC(C)=O)cc1C2C(C)=O. The normalized spacial score (nSPS) is 22.9. The van der Waals surface area contributed by atoms with E-state index in [4.69, 9.17) is 33.2 Å². The first kappa shape index (κ1) is 34.8. The van der Waals surface area contributed by atoms with Gasteiger partial charge in [0.15, 0.2) is 12.2 Å². The third-order valence-corrected chi connectivity index (χ3v) is 7.26. The number of aryl methyl sites for hydroxylation is 1. The predicted molar refractivity (Wildman–Crippen MR) is 158 cm³/mol. The van der Waals surface area contributed by atoms with Gasteiger partial charge in [0.2, 0.25) is 18.2 Å². The molecule has 1 saturated heterocycles. The molecule has 1 unspecified atom stereocenters. The number of Topliss-reactive ketones (excluding diaryl/α,β-unsaturated/α-hetero) is 1. The molecule has 0 amide bonds. The van der Waals surface area contributed by atoms with E-state index in [9.17, 15) is 33.6 Å². The van der Waals surface area contributed by atoms with Gasteiger partial charge in [-0.25, -0.2) is 0 Å². The van der Waals surface area contributed by atoms with Crippen molar-refractivity contribution in [2.45, 2.75) is 92.0 Å². The molecular formula is C33H34O14. The molecule has 0 saturated carbocycles. The summed E-state index contributed by atoms with van der Waals surface area (Å²) in [4.78, 5) is 87.6. The Morgan fingerprint density at radius 1 is 0.638 bits per heavy atom. The van der Waals surface area contributed by atoms with E-state index in [2.05, 4.69) is 0 Å². The van der Waals surface area contributed by atoms with Gasteiger partial charge in [-0.3, -0.25) is 33.6 Å². The lowest BCUT2D eigenvalue weighted by Gasteiger charge is -2.43. The smallest absolute Gasteiger partial charge is 0.308 e. The molecule has 2 aromatic rings. The lowest BCUT2D eigenvalue weighted by Crippen LogP contribution is -2.62. The molecule has 4 rings (SSSR count). The van der Waals surface area contributed by atoms with Crippen molar-refractivity contribution in [2.24, 2.45) is 0 Å². The molecular weight excluding hydrogens is 620 g/mol. The van der Waals surface area contributed by atoms with Crippen LogP contribution in [0.2, 0.25) is 0 Å². The van der Waals surface area contributed by atoms with Gasteiger partial charge in [0.25, 0.3) is 0 Å². The maximum atomic E-state index is 14.1. The summed E-state index contributed by atoms with van der Waals surface area (Å²) in [5, 5.41) is 0. The van der Waals surface area contributed by atoms with Gasteiger partial charge < -0.3 is 33.2 Å². The highest BCUT2D eigenvalue weighted by molar-refractivity contribution is 6.18. The topological polar surface area (TPSA) is 184 Å². The molecule has 250 valence electrons. The predicted octanol–water partition coefficient (Wildman–Crippen LogP) is 3.03. The third-order valence-electron chi connectivity index (χ3n) is 7.26.